The molecule has 1 aromatic rings. The molecule has 0 aliphatic heterocycles. The van der Waals surface area contributed by atoms with Gasteiger partial charge in [0.15, 0.2) is 5.78 Å². The van der Waals surface area contributed by atoms with E-state index in [1.165, 1.54) is 19.6 Å². The number of carbonyl (C=O) groups excluding carboxylic acids is 4. The smallest absolute Gasteiger partial charge is 0.331 e. The van der Waals surface area contributed by atoms with E-state index in [2.05, 4.69) is 10.1 Å². The number of esters is 2. The van der Waals surface area contributed by atoms with Gasteiger partial charge in [-0.2, -0.15) is 0 Å². The maximum atomic E-state index is 11.9. The molecule has 29 heavy (non-hydrogen) atoms. The predicted octanol–water partition coefficient (Wildman–Crippen LogP) is 2.90. The maximum absolute atomic E-state index is 11.9. The molecule has 2 rings (SSSR count). The molecule has 0 radical (unpaired) electrons. The summed E-state index contributed by atoms with van der Waals surface area (Å²) in [5.74, 6) is -1.80. The number of ether oxygens (including phenoxy) is 2. The van der Waals surface area contributed by atoms with Gasteiger partial charge in [0.25, 0.3) is 0 Å². The fourth-order valence-corrected chi connectivity index (χ4v) is 2.91. The van der Waals surface area contributed by atoms with Crippen LogP contribution in [0.5, 0.6) is 0 Å². The fraction of sp³-hybridized carbons (Fsp3) is 0.364. The van der Waals surface area contributed by atoms with Crippen LogP contribution in [0, 0.1) is 0 Å². The van der Waals surface area contributed by atoms with Gasteiger partial charge in [-0.25, -0.2) is 9.59 Å². The summed E-state index contributed by atoms with van der Waals surface area (Å²) < 4.78 is 9.74. The van der Waals surface area contributed by atoms with Crippen molar-refractivity contribution in [3.8, 4) is 0 Å². The van der Waals surface area contributed by atoms with Crippen LogP contribution in [0.25, 0.3) is 0 Å². The molecule has 0 aromatic heterocycles. The van der Waals surface area contributed by atoms with Gasteiger partial charge in [-0.1, -0.05) is 18.6 Å². The molecule has 1 aliphatic carbocycles. The molecule has 1 aromatic carbocycles. The van der Waals surface area contributed by atoms with E-state index in [9.17, 15) is 19.2 Å². The fourth-order valence-electron chi connectivity index (χ4n) is 2.91. The minimum atomic E-state index is -0.591. The topological polar surface area (TPSA) is 98.8 Å². The van der Waals surface area contributed by atoms with Crippen LogP contribution < -0.4 is 5.32 Å². The molecular formula is C22H25NO6. The van der Waals surface area contributed by atoms with Gasteiger partial charge in [-0.15, -0.1) is 0 Å². The van der Waals surface area contributed by atoms with Gasteiger partial charge >= 0.3 is 11.9 Å². The zero-order chi connectivity index (χ0) is 21.1. The number of anilines is 1. The van der Waals surface area contributed by atoms with Gasteiger partial charge in [0.1, 0.15) is 6.10 Å². The first-order chi connectivity index (χ1) is 14.0. The lowest BCUT2D eigenvalue weighted by Crippen LogP contribution is -2.20. The monoisotopic (exact) mass is 399 g/mol. The zero-order valence-electron chi connectivity index (χ0n) is 16.4. The number of allylic oxidation sites excluding steroid dienone is 1. The molecule has 7 heteroatoms. The molecule has 0 bridgehead atoms. The van der Waals surface area contributed by atoms with Crippen molar-refractivity contribution in [2.45, 2.75) is 44.6 Å². The van der Waals surface area contributed by atoms with Crippen molar-refractivity contribution in [1.29, 1.82) is 0 Å². The number of hydrogen-bond acceptors (Lipinski definition) is 6. The quantitative estimate of drug-likeness (QED) is 0.533. The Morgan fingerprint density at radius 2 is 1.59 bits per heavy atom. The van der Waals surface area contributed by atoms with E-state index in [0.717, 1.165) is 49.5 Å². The molecule has 1 fully saturated rings. The first-order valence-corrected chi connectivity index (χ1v) is 9.54. The summed E-state index contributed by atoms with van der Waals surface area (Å²) in [4.78, 5) is 46.5. The second-order valence-corrected chi connectivity index (χ2v) is 6.72. The van der Waals surface area contributed by atoms with Gasteiger partial charge in [0, 0.05) is 30.3 Å². The Kier molecular flexibility index (Phi) is 8.82. The molecular weight excluding hydrogens is 374 g/mol. The Morgan fingerprint density at radius 1 is 0.931 bits per heavy atom. The minimum absolute atomic E-state index is 0.0540. The van der Waals surface area contributed by atoms with E-state index in [0.29, 0.717) is 5.69 Å². The highest BCUT2D eigenvalue weighted by atomic mass is 16.5. The van der Waals surface area contributed by atoms with Gasteiger partial charge in [-0.3, -0.25) is 9.59 Å². The summed E-state index contributed by atoms with van der Waals surface area (Å²) in [5.41, 5.74) is 1.26. The van der Waals surface area contributed by atoms with Crippen molar-refractivity contribution in [2.75, 3.05) is 12.4 Å². The summed E-state index contributed by atoms with van der Waals surface area (Å²) in [7, 11) is 1.24. The average Bonchev–Trinajstić information content (AvgIpc) is 2.72. The van der Waals surface area contributed by atoms with E-state index in [-0.39, 0.29) is 18.3 Å². The highest BCUT2D eigenvalue weighted by Crippen LogP contribution is 2.20. The van der Waals surface area contributed by atoms with Crippen LogP contribution in [-0.2, 0) is 35.1 Å². The lowest BCUT2D eigenvalue weighted by atomic mass is 9.98. The van der Waals surface area contributed by atoms with Gasteiger partial charge in [-0.05, 0) is 49.5 Å². The highest BCUT2D eigenvalue weighted by molar-refractivity contribution is 6.02. The Bertz CT molecular complexity index is 788. The third kappa shape index (κ3) is 8.55. The number of methoxy groups -OCH3 is 1. The second kappa shape index (κ2) is 11.6. The lowest BCUT2D eigenvalue weighted by Gasteiger charge is -2.20. The summed E-state index contributed by atoms with van der Waals surface area (Å²) in [6.07, 6.45) is 9.61. The van der Waals surface area contributed by atoms with Gasteiger partial charge < -0.3 is 14.8 Å². The van der Waals surface area contributed by atoms with Crippen molar-refractivity contribution in [3.05, 3.63) is 54.1 Å². The van der Waals surface area contributed by atoms with Gasteiger partial charge in [0.2, 0.25) is 5.91 Å². The number of ketones is 1. The number of nitrogens with one attached hydrogen (secondary N) is 1. The van der Waals surface area contributed by atoms with Crippen LogP contribution in [0.3, 0.4) is 0 Å². The van der Waals surface area contributed by atoms with Crippen LogP contribution in [0.15, 0.2) is 48.6 Å². The van der Waals surface area contributed by atoms with Crippen LogP contribution in [0.1, 0.15) is 37.7 Å². The molecule has 7 nitrogen and oxygen atoms in total. The van der Waals surface area contributed by atoms with E-state index in [4.69, 9.17) is 4.74 Å². The molecule has 0 heterocycles. The first kappa shape index (κ1) is 22.1. The van der Waals surface area contributed by atoms with E-state index in [1.807, 2.05) is 0 Å². The Hall–Kier alpha value is -3.22. The van der Waals surface area contributed by atoms with Crippen LogP contribution in [-0.4, -0.2) is 36.8 Å². The number of amides is 1. The number of rotatable bonds is 8. The van der Waals surface area contributed by atoms with Crippen LogP contribution in [0.2, 0.25) is 0 Å². The molecule has 1 aliphatic rings. The van der Waals surface area contributed by atoms with Crippen molar-refractivity contribution in [2.24, 2.45) is 0 Å². The Morgan fingerprint density at radius 3 is 2.24 bits per heavy atom. The molecule has 0 unspecified atom stereocenters. The Labute approximate surface area is 169 Å². The maximum Gasteiger partial charge on any atom is 0.331 e. The molecule has 1 saturated carbocycles. The van der Waals surface area contributed by atoms with E-state index >= 15 is 0 Å². The normalized spacial score (nSPS) is 14.7. The molecule has 0 saturated heterocycles. The van der Waals surface area contributed by atoms with Crippen molar-refractivity contribution in [1.82, 2.24) is 0 Å². The minimum Gasteiger partial charge on any atom is -0.466 e. The highest BCUT2D eigenvalue weighted by Gasteiger charge is 2.16. The lowest BCUT2D eigenvalue weighted by molar-refractivity contribution is -0.144. The molecule has 154 valence electrons. The molecule has 0 spiro atoms. The average molecular weight is 399 g/mol. The summed E-state index contributed by atoms with van der Waals surface area (Å²) in [6, 6.07) is 6.69. The third-order valence-electron chi connectivity index (χ3n) is 4.41. The number of benzene rings is 1. The molecule has 1 N–H and O–H groups in total. The molecule has 1 amide bonds. The SMILES string of the molecule is COC(=O)/C=C\C(=O)Cc1ccc(NC(=O)/C=C\C(=O)OC2CCCCC2)cc1. The molecule has 0 atom stereocenters. The van der Waals surface area contributed by atoms with Crippen molar-refractivity contribution in [3.63, 3.8) is 0 Å². The van der Waals surface area contributed by atoms with Crippen LogP contribution >= 0.6 is 0 Å². The Balaban J connectivity index is 1.78. The van der Waals surface area contributed by atoms with Crippen LogP contribution in [0.4, 0.5) is 5.69 Å². The number of carbonyl (C=O) groups is 4. The summed E-state index contributed by atoms with van der Waals surface area (Å²) in [5, 5.41) is 2.64. The number of hydrogen-bond donors (Lipinski definition) is 1. The second-order valence-electron chi connectivity index (χ2n) is 6.72. The predicted molar refractivity (Wildman–Crippen MR) is 107 cm³/mol. The summed E-state index contributed by atoms with van der Waals surface area (Å²) in [6.45, 7) is 0. The summed E-state index contributed by atoms with van der Waals surface area (Å²) >= 11 is 0. The van der Waals surface area contributed by atoms with Crippen molar-refractivity contribution < 1.29 is 28.7 Å². The first-order valence-electron chi connectivity index (χ1n) is 9.54. The van der Waals surface area contributed by atoms with Gasteiger partial charge in [0.05, 0.1) is 7.11 Å². The third-order valence-corrected chi connectivity index (χ3v) is 4.41. The van der Waals surface area contributed by atoms with E-state index < -0.39 is 17.8 Å². The largest absolute Gasteiger partial charge is 0.466 e. The van der Waals surface area contributed by atoms with E-state index in [1.54, 1.807) is 24.3 Å². The standard InChI is InChI=1S/C22H25NO6/c1-28-21(26)13-11-18(24)15-16-7-9-17(10-8-16)23-20(25)12-14-22(27)29-19-5-3-2-4-6-19/h7-14,19H,2-6,15H2,1H3,(H,23,25)/b13-11-,14-12-. The zero-order valence-corrected chi connectivity index (χ0v) is 16.4. The van der Waals surface area contributed by atoms with Crippen molar-refractivity contribution >= 4 is 29.3 Å².